The van der Waals surface area contributed by atoms with E-state index in [1.165, 1.54) is 0 Å². The van der Waals surface area contributed by atoms with Gasteiger partial charge in [-0.2, -0.15) is 0 Å². The van der Waals surface area contributed by atoms with E-state index in [0.29, 0.717) is 0 Å². The van der Waals surface area contributed by atoms with E-state index >= 15 is 0 Å². The van der Waals surface area contributed by atoms with Crippen molar-refractivity contribution in [1.29, 1.82) is 0 Å². The molecule has 0 saturated carbocycles. The summed E-state index contributed by atoms with van der Waals surface area (Å²) in [7, 11) is 1.63. The molecule has 1 saturated heterocycles. The molecule has 1 fully saturated rings. The van der Waals surface area contributed by atoms with Crippen LogP contribution in [0, 0.1) is 0 Å². The number of nitrogens with zero attached hydrogens (tertiary/aromatic N) is 3. The smallest absolute Gasteiger partial charge is 0.250 e. The van der Waals surface area contributed by atoms with Gasteiger partial charge in [-0.25, -0.2) is 4.98 Å². The molecule has 1 aliphatic heterocycles. The van der Waals surface area contributed by atoms with Crippen molar-refractivity contribution in [3.63, 3.8) is 0 Å². The monoisotopic (exact) mass is 311 g/mol. The maximum absolute atomic E-state index is 13.1. The lowest BCUT2D eigenvalue weighted by atomic mass is 10.0. The summed E-state index contributed by atoms with van der Waals surface area (Å²) in [6.07, 6.45) is 7.36. The van der Waals surface area contributed by atoms with E-state index in [1.807, 2.05) is 39.9 Å². The van der Waals surface area contributed by atoms with Gasteiger partial charge in [0.15, 0.2) is 0 Å². The van der Waals surface area contributed by atoms with Gasteiger partial charge in [0, 0.05) is 19.3 Å². The molecule has 3 rings (SSSR count). The highest BCUT2D eigenvalue weighted by Gasteiger charge is 2.29. The Hall–Kier alpha value is -2.56. The molecular weight excluding hydrogens is 290 g/mol. The number of amides is 1. The molecule has 1 atom stereocenters. The Morgan fingerprint density at radius 3 is 2.83 bits per heavy atom. The van der Waals surface area contributed by atoms with E-state index in [-0.39, 0.29) is 5.91 Å². The second kappa shape index (κ2) is 6.69. The molecule has 2 aromatic rings. The molecule has 1 unspecified atom stereocenters. The first kappa shape index (κ1) is 15.3. The van der Waals surface area contributed by atoms with Gasteiger partial charge in [0.1, 0.15) is 11.8 Å². The summed E-state index contributed by atoms with van der Waals surface area (Å²) in [6, 6.07) is 7.22. The fraction of sp³-hybridized carbons (Fsp3) is 0.333. The fourth-order valence-corrected chi connectivity index (χ4v) is 2.96. The standard InChI is InChI=1S/C18H21N3O2/c1-3-15-12-21(13-19-15)17(18(22)20-9-4-5-10-20)14-7-6-8-16(11-14)23-2/h3,6-8,11-13,17H,1,4-5,9-10H2,2H3. The molecule has 0 bridgehead atoms. The van der Waals surface area contributed by atoms with Gasteiger partial charge in [0.25, 0.3) is 0 Å². The van der Waals surface area contributed by atoms with Crippen LogP contribution in [0.3, 0.4) is 0 Å². The molecule has 1 aliphatic rings. The third kappa shape index (κ3) is 3.13. The second-order valence-electron chi connectivity index (χ2n) is 5.66. The number of ether oxygens (including phenoxy) is 1. The van der Waals surface area contributed by atoms with Crippen molar-refractivity contribution in [1.82, 2.24) is 14.5 Å². The highest BCUT2D eigenvalue weighted by molar-refractivity contribution is 5.84. The third-order valence-electron chi connectivity index (χ3n) is 4.19. The van der Waals surface area contributed by atoms with Crippen molar-refractivity contribution in [3.8, 4) is 5.75 Å². The Bertz CT molecular complexity index is 702. The highest BCUT2D eigenvalue weighted by Crippen LogP contribution is 2.26. The lowest BCUT2D eigenvalue weighted by molar-refractivity contribution is -0.132. The first-order valence-electron chi connectivity index (χ1n) is 7.81. The molecule has 0 N–H and O–H groups in total. The number of benzene rings is 1. The summed E-state index contributed by atoms with van der Waals surface area (Å²) in [4.78, 5) is 19.3. The van der Waals surface area contributed by atoms with E-state index in [0.717, 1.165) is 42.9 Å². The molecule has 5 nitrogen and oxygen atoms in total. The van der Waals surface area contributed by atoms with Crippen molar-refractivity contribution in [3.05, 3.63) is 54.6 Å². The average Bonchev–Trinajstić information content (AvgIpc) is 3.27. The molecule has 0 radical (unpaired) electrons. The van der Waals surface area contributed by atoms with Gasteiger partial charge >= 0.3 is 0 Å². The first-order valence-corrected chi connectivity index (χ1v) is 7.81. The molecule has 1 amide bonds. The summed E-state index contributed by atoms with van der Waals surface area (Å²) in [5, 5.41) is 0. The van der Waals surface area contributed by atoms with Gasteiger partial charge < -0.3 is 14.2 Å². The van der Waals surface area contributed by atoms with E-state index in [2.05, 4.69) is 11.6 Å². The molecule has 0 spiro atoms. The van der Waals surface area contributed by atoms with Crippen molar-refractivity contribution in [2.24, 2.45) is 0 Å². The number of aromatic nitrogens is 2. The van der Waals surface area contributed by atoms with Crippen LogP contribution in [-0.4, -0.2) is 40.6 Å². The van der Waals surface area contributed by atoms with E-state index < -0.39 is 6.04 Å². The minimum absolute atomic E-state index is 0.101. The molecule has 2 heterocycles. The Balaban J connectivity index is 2.01. The molecule has 0 aliphatic carbocycles. The van der Waals surface area contributed by atoms with Gasteiger partial charge in [-0.1, -0.05) is 18.7 Å². The minimum atomic E-state index is -0.426. The Kier molecular flexibility index (Phi) is 4.46. The van der Waals surface area contributed by atoms with Crippen LogP contribution in [0.5, 0.6) is 5.75 Å². The van der Waals surface area contributed by atoms with Gasteiger partial charge in [-0.3, -0.25) is 4.79 Å². The molecule has 1 aromatic heterocycles. The van der Waals surface area contributed by atoms with Crippen LogP contribution < -0.4 is 4.74 Å². The number of rotatable bonds is 5. The number of likely N-dealkylation sites (tertiary alicyclic amines) is 1. The third-order valence-corrected chi connectivity index (χ3v) is 4.19. The van der Waals surface area contributed by atoms with Gasteiger partial charge in [0.2, 0.25) is 5.91 Å². The van der Waals surface area contributed by atoms with Crippen molar-refractivity contribution >= 4 is 12.0 Å². The van der Waals surface area contributed by atoms with Crippen molar-refractivity contribution in [2.75, 3.05) is 20.2 Å². The molecular formula is C18H21N3O2. The van der Waals surface area contributed by atoms with E-state index in [9.17, 15) is 4.79 Å². The minimum Gasteiger partial charge on any atom is -0.497 e. The van der Waals surface area contributed by atoms with Crippen LogP contribution in [-0.2, 0) is 4.79 Å². The average molecular weight is 311 g/mol. The topological polar surface area (TPSA) is 47.4 Å². The normalized spacial score (nSPS) is 15.4. The number of hydrogen-bond acceptors (Lipinski definition) is 3. The predicted octanol–water partition coefficient (Wildman–Crippen LogP) is 2.75. The van der Waals surface area contributed by atoms with E-state index in [4.69, 9.17) is 4.74 Å². The summed E-state index contributed by atoms with van der Waals surface area (Å²) < 4.78 is 7.16. The Morgan fingerprint density at radius 1 is 1.39 bits per heavy atom. The summed E-state index contributed by atoms with van der Waals surface area (Å²) in [6.45, 7) is 5.38. The highest BCUT2D eigenvalue weighted by atomic mass is 16.5. The van der Waals surface area contributed by atoms with Crippen LogP contribution in [0.25, 0.3) is 6.08 Å². The van der Waals surface area contributed by atoms with Gasteiger partial charge in [0.05, 0.1) is 19.1 Å². The zero-order chi connectivity index (χ0) is 16.2. The summed E-state index contributed by atoms with van der Waals surface area (Å²) in [5.74, 6) is 0.842. The van der Waals surface area contributed by atoms with Crippen LogP contribution in [0.1, 0.15) is 30.1 Å². The van der Waals surface area contributed by atoms with Crippen LogP contribution in [0.4, 0.5) is 0 Å². The Labute approximate surface area is 136 Å². The van der Waals surface area contributed by atoms with Gasteiger partial charge in [-0.05, 0) is 36.6 Å². The lowest BCUT2D eigenvalue weighted by Gasteiger charge is -2.24. The molecule has 120 valence electrons. The summed E-state index contributed by atoms with van der Waals surface area (Å²) >= 11 is 0. The number of methoxy groups -OCH3 is 1. The Morgan fingerprint density at radius 2 is 2.17 bits per heavy atom. The fourth-order valence-electron chi connectivity index (χ4n) is 2.96. The SMILES string of the molecule is C=Cc1cn(C(C(=O)N2CCCC2)c2cccc(OC)c2)cn1. The molecule has 5 heteroatoms. The van der Waals surface area contributed by atoms with Crippen LogP contribution in [0.2, 0.25) is 0 Å². The first-order chi connectivity index (χ1) is 11.2. The zero-order valence-electron chi connectivity index (χ0n) is 13.3. The molecule has 1 aromatic carbocycles. The van der Waals surface area contributed by atoms with Crippen molar-refractivity contribution < 1.29 is 9.53 Å². The van der Waals surface area contributed by atoms with Gasteiger partial charge in [-0.15, -0.1) is 0 Å². The summed E-state index contributed by atoms with van der Waals surface area (Å²) in [5.41, 5.74) is 1.65. The lowest BCUT2D eigenvalue weighted by Crippen LogP contribution is -2.35. The number of hydrogen-bond donors (Lipinski definition) is 0. The maximum Gasteiger partial charge on any atom is 0.250 e. The van der Waals surface area contributed by atoms with E-state index in [1.54, 1.807) is 19.5 Å². The number of carbonyl (C=O) groups excluding carboxylic acids is 1. The molecule has 23 heavy (non-hydrogen) atoms. The maximum atomic E-state index is 13.1. The van der Waals surface area contributed by atoms with Crippen LogP contribution >= 0.6 is 0 Å². The number of carbonyl (C=O) groups is 1. The quantitative estimate of drug-likeness (QED) is 0.853. The van der Waals surface area contributed by atoms with Crippen LogP contribution in [0.15, 0.2) is 43.4 Å². The predicted molar refractivity (Wildman–Crippen MR) is 89.3 cm³/mol. The largest absolute Gasteiger partial charge is 0.497 e. The zero-order valence-corrected chi connectivity index (χ0v) is 13.3. The second-order valence-corrected chi connectivity index (χ2v) is 5.66. The number of imidazole rings is 1. The van der Waals surface area contributed by atoms with Crippen molar-refractivity contribution in [2.45, 2.75) is 18.9 Å².